The van der Waals surface area contributed by atoms with Crippen molar-refractivity contribution < 1.29 is 14.7 Å². The maximum atomic E-state index is 12.6. The number of β-amino-alcohol motifs (C(OH)–C–C–N with tert-alkyl or cyclic N) is 1. The number of rotatable bonds is 3. The largest absolute Gasteiger partial charge is 0.392 e. The van der Waals surface area contributed by atoms with Crippen molar-refractivity contribution in [3.05, 3.63) is 30.3 Å². The fourth-order valence-electron chi connectivity index (χ4n) is 3.21. The minimum atomic E-state index is -0.498. The van der Waals surface area contributed by atoms with Crippen LogP contribution in [0.15, 0.2) is 30.3 Å². The monoisotopic (exact) mass is 303 g/mol. The molecular weight excluding hydrogens is 282 g/mol. The molecule has 2 fully saturated rings. The first-order valence-corrected chi connectivity index (χ1v) is 7.66. The Balaban J connectivity index is 1.66. The minimum absolute atomic E-state index is 0.0438. The Hall–Kier alpha value is -1.92. The second-order valence-corrected chi connectivity index (χ2v) is 6.04. The molecule has 1 aromatic carbocycles. The molecule has 2 saturated heterocycles. The van der Waals surface area contributed by atoms with E-state index in [-0.39, 0.29) is 17.9 Å². The maximum absolute atomic E-state index is 12.6. The Labute approximate surface area is 129 Å². The Morgan fingerprint density at radius 3 is 2.68 bits per heavy atom. The molecule has 0 aliphatic carbocycles. The Bertz CT molecular complexity index is 563. The van der Waals surface area contributed by atoms with Gasteiger partial charge in [-0.25, -0.2) is 0 Å². The van der Waals surface area contributed by atoms with Crippen molar-refractivity contribution in [1.29, 1.82) is 0 Å². The maximum Gasteiger partial charge on any atom is 0.249 e. The molecule has 2 heterocycles. The second kappa shape index (κ2) is 6.06. The first-order chi connectivity index (χ1) is 10.6. The summed E-state index contributed by atoms with van der Waals surface area (Å²) < 4.78 is 0. The first kappa shape index (κ1) is 15.0. The molecule has 0 unspecified atom stereocenters. The molecule has 3 N–H and O–H groups in total. The number of aliphatic hydroxyl groups excluding tert-OH is 1. The van der Waals surface area contributed by atoms with Gasteiger partial charge < -0.3 is 20.6 Å². The van der Waals surface area contributed by atoms with E-state index >= 15 is 0 Å². The van der Waals surface area contributed by atoms with Gasteiger partial charge in [0, 0.05) is 18.3 Å². The van der Waals surface area contributed by atoms with E-state index in [9.17, 15) is 14.7 Å². The molecule has 4 atom stereocenters. The Kier molecular flexibility index (Phi) is 4.13. The third-order valence-electron chi connectivity index (χ3n) is 4.33. The van der Waals surface area contributed by atoms with E-state index < -0.39 is 18.2 Å². The minimum Gasteiger partial charge on any atom is -0.392 e. The van der Waals surface area contributed by atoms with E-state index in [0.717, 1.165) is 5.69 Å². The molecule has 2 aliphatic rings. The molecule has 22 heavy (non-hydrogen) atoms. The fraction of sp³-hybridized carbons (Fsp3) is 0.500. The van der Waals surface area contributed by atoms with Crippen LogP contribution in [-0.4, -0.2) is 47.7 Å². The number of nitrogens with zero attached hydrogens (tertiary/aromatic N) is 1. The highest BCUT2D eigenvalue weighted by Crippen LogP contribution is 2.26. The summed E-state index contributed by atoms with van der Waals surface area (Å²) in [6.45, 7) is 2.40. The summed E-state index contributed by atoms with van der Waals surface area (Å²) in [6.07, 6.45) is 0.495. The standard InChI is InChI=1S/C16H21N3O3/c1-10-7-14(18-15(21)13-8-12(20)9-17-13)16(22)19(10)11-5-3-2-4-6-11/h2-6,10,12-14,17,20H,7-9H2,1H3,(H,18,21)/t10-,12-,13-,14+/m1/s1. The first-order valence-electron chi connectivity index (χ1n) is 7.66. The van der Waals surface area contributed by atoms with Gasteiger partial charge in [-0.1, -0.05) is 18.2 Å². The normalized spacial score (nSPS) is 31.5. The van der Waals surface area contributed by atoms with Crippen LogP contribution < -0.4 is 15.5 Å². The van der Waals surface area contributed by atoms with Gasteiger partial charge in [0.05, 0.1) is 12.1 Å². The quantitative estimate of drug-likeness (QED) is 0.735. The van der Waals surface area contributed by atoms with Crippen LogP contribution in [0.5, 0.6) is 0 Å². The lowest BCUT2D eigenvalue weighted by Gasteiger charge is -2.21. The summed E-state index contributed by atoms with van der Waals surface area (Å²) in [7, 11) is 0. The molecule has 0 aromatic heterocycles. The van der Waals surface area contributed by atoms with Crippen LogP contribution in [0.1, 0.15) is 19.8 Å². The second-order valence-electron chi connectivity index (χ2n) is 6.04. The summed E-state index contributed by atoms with van der Waals surface area (Å²) in [5.74, 6) is -0.289. The van der Waals surface area contributed by atoms with Crippen molar-refractivity contribution in [2.75, 3.05) is 11.4 Å². The molecule has 2 aliphatic heterocycles. The zero-order chi connectivity index (χ0) is 15.7. The Morgan fingerprint density at radius 1 is 1.32 bits per heavy atom. The van der Waals surface area contributed by atoms with E-state index in [2.05, 4.69) is 10.6 Å². The highest BCUT2D eigenvalue weighted by Gasteiger charge is 2.40. The van der Waals surface area contributed by atoms with Gasteiger partial charge in [-0.05, 0) is 31.9 Å². The van der Waals surface area contributed by atoms with Gasteiger partial charge in [-0.15, -0.1) is 0 Å². The van der Waals surface area contributed by atoms with Gasteiger partial charge >= 0.3 is 0 Å². The van der Waals surface area contributed by atoms with Gasteiger partial charge in [0.25, 0.3) is 0 Å². The predicted molar refractivity (Wildman–Crippen MR) is 82.4 cm³/mol. The molecule has 6 nitrogen and oxygen atoms in total. The van der Waals surface area contributed by atoms with Gasteiger partial charge in [-0.3, -0.25) is 9.59 Å². The summed E-state index contributed by atoms with van der Waals surface area (Å²) in [5, 5.41) is 15.3. The fourth-order valence-corrected chi connectivity index (χ4v) is 3.21. The van der Waals surface area contributed by atoms with Crippen molar-refractivity contribution in [3.63, 3.8) is 0 Å². The smallest absolute Gasteiger partial charge is 0.249 e. The van der Waals surface area contributed by atoms with Crippen LogP contribution in [0.4, 0.5) is 5.69 Å². The SMILES string of the molecule is C[C@@H]1C[C@H](NC(=O)[C@H]2C[C@@H](O)CN2)C(=O)N1c1ccccc1. The highest BCUT2D eigenvalue weighted by atomic mass is 16.3. The van der Waals surface area contributed by atoms with Crippen LogP contribution in [0.3, 0.4) is 0 Å². The molecule has 0 bridgehead atoms. The average molecular weight is 303 g/mol. The molecule has 3 rings (SSSR count). The Morgan fingerprint density at radius 2 is 2.05 bits per heavy atom. The van der Waals surface area contributed by atoms with Crippen molar-refractivity contribution in [2.24, 2.45) is 0 Å². The van der Waals surface area contributed by atoms with Gasteiger partial charge in [-0.2, -0.15) is 0 Å². The molecule has 6 heteroatoms. The number of para-hydroxylation sites is 1. The molecule has 0 radical (unpaired) electrons. The number of anilines is 1. The molecule has 118 valence electrons. The molecular formula is C16H21N3O3. The highest BCUT2D eigenvalue weighted by molar-refractivity contribution is 6.02. The van der Waals surface area contributed by atoms with Crippen LogP contribution in [0.2, 0.25) is 0 Å². The van der Waals surface area contributed by atoms with E-state index in [4.69, 9.17) is 0 Å². The summed E-state index contributed by atoms with van der Waals surface area (Å²) in [6, 6.07) is 8.62. The molecule has 0 spiro atoms. The number of benzene rings is 1. The molecule has 1 aromatic rings. The van der Waals surface area contributed by atoms with Crippen LogP contribution in [0, 0.1) is 0 Å². The van der Waals surface area contributed by atoms with Crippen LogP contribution in [0.25, 0.3) is 0 Å². The number of aliphatic hydroxyl groups is 1. The number of carbonyl (C=O) groups excluding carboxylic acids is 2. The van der Waals surface area contributed by atoms with E-state index in [1.165, 1.54) is 0 Å². The number of amides is 2. The zero-order valence-corrected chi connectivity index (χ0v) is 12.5. The van der Waals surface area contributed by atoms with Crippen molar-refractivity contribution in [2.45, 2.75) is 44.0 Å². The topological polar surface area (TPSA) is 81.7 Å². The van der Waals surface area contributed by atoms with Crippen LogP contribution in [-0.2, 0) is 9.59 Å². The summed E-state index contributed by atoms with van der Waals surface area (Å²) >= 11 is 0. The van der Waals surface area contributed by atoms with Gasteiger partial charge in [0.2, 0.25) is 11.8 Å². The lowest BCUT2D eigenvalue weighted by atomic mass is 10.1. The lowest BCUT2D eigenvalue weighted by molar-refractivity contribution is -0.127. The van der Waals surface area contributed by atoms with Gasteiger partial charge in [0.15, 0.2) is 0 Å². The zero-order valence-electron chi connectivity index (χ0n) is 12.5. The van der Waals surface area contributed by atoms with E-state index in [1.54, 1.807) is 4.90 Å². The summed E-state index contributed by atoms with van der Waals surface area (Å²) in [4.78, 5) is 26.5. The van der Waals surface area contributed by atoms with Gasteiger partial charge in [0.1, 0.15) is 6.04 Å². The number of carbonyl (C=O) groups is 2. The van der Waals surface area contributed by atoms with Crippen LogP contribution >= 0.6 is 0 Å². The van der Waals surface area contributed by atoms with E-state index in [1.807, 2.05) is 37.3 Å². The lowest BCUT2D eigenvalue weighted by Crippen LogP contribution is -2.48. The third-order valence-corrected chi connectivity index (χ3v) is 4.33. The average Bonchev–Trinajstić information content (AvgIpc) is 3.05. The third kappa shape index (κ3) is 2.84. The molecule has 0 saturated carbocycles. The summed E-state index contributed by atoms with van der Waals surface area (Å²) in [5.41, 5.74) is 0.853. The number of hydrogen-bond donors (Lipinski definition) is 3. The van der Waals surface area contributed by atoms with Crippen molar-refractivity contribution in [1.82, 2.24) is 10.6 Å². The predicted octanol–water partition coefficient (Wildman–Crippen LogP) is 0.0194. The van der Waals surface area contributed by atoms with Crippen molar-refractivity contribution >= 4 is 17.5 Å². The molecule has 2 amide bonds. The van der Waals surface area contributed by atoms with E-state index in [0.29, 0.717) is 19.4 Å². The number of hydrogen-bond acceptors (Lipinski definition) is 4. The number of nitrogens with one attached hydrogen (secondary N) is 2. The van der Waals surface area contributed by atoms with Crippen molar-refractivity contribution in [3.8, 4) is 0 Å².